The number of hydrogen-bond donors (Lipinski definition) is 1. The van der Waals surface area contributed by atoms with Crippen molar-refractivity contribution in [1.29, 1.82) is 0 Å². The van der Waals surface area contributed by atoms with Crippen LogP contribution in [0.3, 0.4) is 0 Å². The molecule has 0 radical (unpaired) electrons. The molecule has 0 aliphatic carbocycles. The van der Waals surface area contributed by atoms with Crippen LogP contribution in [0, 0.1) is 13.8 Å². The van der Waals surface area contributed by atoms with Crippen LogP contribution in [0.2, 0.25) is 0 Å². The van der Waals surface area contributed by atoms with Crippen molar-refractivity contribution in [2.75, 3.05) is 5.75 Å². The molecule has 4 aromatic rings. The third-order valence-electron chi connectivity index (χ3n) is 4.90. The lowest BCUT2D eigenvalue weighted by Gasteiger charge is -2.11. The fourth-order valence-corrected chi connectivity index (χ4v) is 3.94. The zero-order valence-corrected chi connectivity index (χ0v) is 18.4. The van der Waals surface area contributed by atoms with Crippen LogP contribution in [0.25, 0.3) is 17.1 Å². The van der Waals surface area contributed by atoms with Gasteiger partial charge in [0.25, 0.3) is 0 Å². The molecule has 4 rings (SSSR count). The summed E-state index contributed by atoms with van der Waals surface area (Å²) in [4.78, 5) is 12.4. The van der Waals surface area contributed by atoms with Crippen molar-refractivity contribution >= 4 is 17.7 Å². The standard InChI is InChI=1S/C25H24N4OS/c1-18-8-12-21(13-9-18)24-27-28-25(29(24)22-14-10-19(2)11-15-22)31-17-23(30)26-16-20-6-4-3-5-7-20/h3-15H,16-17H2,1-2H3,(H,26,30). The van der Waals surface area contributed by atoms with E-state index >= 15 is 0 Å². The molecule has 0 aliphatic rings. The first-order valence-electron chi connectivity index (χ1n) is 10.1. The van der Waals surface area contributed by atoms with Crippen LogP contribution in [0.1, 0.15) is 16.7 Å². The van der Waals surface area contributed by atoms with Crippen LogP contribution in [0.15, 0.2) is 84.0 Å². The first-order chi connectivity index (χ1) is 15.1. The van der Waals surface area contributed by atoms with E-state index in [0.717, 1.165) is 22.6 Å². The molecule has 0 fully saturated rings. The number of hydrogen-bond acceptors (Lipinski definition) is 4. The third kappa shape index (κ3) is 5.22. The van der Waals surface area contributed by atoms with Crippen LogP contribution >= 0.6 is 11.8 Å². The number of aryl methyl sites for hydroxylation is 2. The second-order valence-corrected chi connectivity index (χ2v) is 8.34. The van der Waals surface area contributed by atoms with Crippen LogP contribution in [-0.2, 0) is 11.3 Å². The van der Waals surface area contributed by atoms with Gasteiger partial charge in [0.05, 0.1) is 5.75 Å². The van der Waals surface area contributed by atoms with Gasteiger partial charge in [0.15, 0.2) is 11.0 Å². The zero-order valence-electron chi connectivity index (χ0n) is 17.6. The molecule has 0 saturated carbocycles. The maximum absolute atomic E-state index is 12.4. The number of rotatable bonds is 7. The molecule has 0 unspecified atom stereocenters. The Balaban J connectivity index is 1.55. The minimum atomic E-state index is -0.0378. The lowest BCUT2D eigenvalue weighted by molar-refractivity contribution is -0.118. The van der Waals surface area contributed by atoms with Crippen LogP contribution in [0.4, 0.5) is 0 Å². The Morgan fingerprint density at radius 1 is 0.871 bits per heavy atom. The molecular formula is C25H24N4OS. The second-order valence-electron chi connectivity index (χ2n) is 7.39. The largest absolute Gasteiger partial charge is 0.351 e. The lowest BCUT2D eigenvalue weighted by Crippen LogP contribution is -2.24. The van der Waals surface area contributed by atoms with Crippen molar-refractivity contribution in [2.24, 2.45) is 0 Å². The molecule has 31 heavy (non-hydrogen) atoms. The summed E-state index contributed by atoms with van der Waals surface area (Å²) in [6.07, 6.45) is 0. The van der Waals surface area contributed by atoms with Crippen molar-refractivity contribution in [3.8, 4) is 17.1 Å². The van der Waals surface area contributed by atoms with Crippen molar-refractivity contribution in [3.05, 3.63) is 95.6 Å². The lowest BCUT2D eigenvalue weighted by atomic mass is 10.1. The van der Waals surface area contributed by atoms with E-state index in [1.165, 1.54) is 22.9 Å². The SMILES string of the molecule is Cc1ccc(-c2nnc(SCC(=O)NCc3ccccc3)n2-c2ccc(C)cc2)cc1. The van der Waals surface area contributed by atoms with Gasteiger partial charge in [0, 0.05) is 17.8 Å². The van der Waals surface area contributed by atoms with Crippen LogP contribution < -0.4 is 5.32 Å². The molecule has 156 valence electrons. The molecule has 3 aromatic carbocycles. The summed E-state index contributed by atoms with van der Waals surface area (Å²) in [5.41, 5.74) is 5.40. The monoisotopic (exact) mass is 428 g/mol. The number of carbonyl (C=O) groups is 1. The molecule has 6 heteroatoms. The second kappa shape index (κ2) is 9.62. The fourth-order valence-electron chi connectivity index (χ4n) is 3.16. The van der Waals surface area contributed by atoms with E-state index in [-0.39, 0.29) is 11.7 Å². The van der Waals surface area contributed by atoms with Gasteiger partial charge in [-0.05, 0) is 31.5 Å². The van der Waals surface area contributed by atoms with Gasteiger partial charge in [-0.15, -0.1) is 10.2 Å². The van der Waals surface area contributed by atoms with Gasteiger partial charge in [0.2, 0.25) is 5.91 Å². The highest BCUT2D eigenvalue weighted by Gasteiger charge is 2.17. The normalized spacial score (nSPS) is 10.8. The first-order valence-corrected chi connectivity index (χ1v) is 11.1. The van der Waals surface area contributed by atoms with Gasteiger partial charge < -0.3 is 5.32 Å². The van der Waals surface area contributed by atoms with E-state index in [1.54, 1.807) is 0 Å². The minimum absolute atomic E-state index is 0.0378. The molecule has 0 aliphatic heterocycles. The van der Waals surface area contributed by atoms with Crippen molar-refractivity contribution < 1.29 is 4.79 Å². The molecule has 1 heterocycles. The summed E-state index contributed by atoms with van der Waals surface area (Å²) in [5, 5.41) is 12.5. The number of thioether (sulfide) groups is 1. The highest BCUT2D eigenvalue weighted by atomic mass is 32.2. The number of aromatic nitrogens is 3. The van der Waals surface area contributed by atoms with Gasteiger partial charge in [-0.1, -0.05) is 89.6 Å². The average molecular weight is 429 g/mol. The van der Waals surface area contributed by atoms with Gasteiger partial charge in [-0.2, -0.15) is 0 Å². The van der Waals surface area contributed by atoms with Gasteiger partial charge in [-0.25, -0.2) is 0 Å². The Kier molecular flexibility index (Phi) is 6.48. The highest BCUT2D eigenvalue weighted by molar-refractivity contribution is 7.99. The predicted octanol–water partition coefficient (Wildman–Crippen LogP) is 4.96. The third-order valence-corrected chi connectivity index (χ3v) is 5.83. The van der Waals surface area contributed by atoms with Gasteiger partial charge in [0.1, 0.15) is 0 Å². The molecule has 0 atom stereocenters. The molecule has 1 amide bonds. The Bertz CT molecular complexity index is 1150. The Labute approximate surface area is 186 Å². The van der Waals surface area contributed by atoms with E-state index in [1.807, 2.05) is 47.0 Å². The molecule has 0 spiro atoms. The summed E-state index contributed by atoms with van der Waals surface area (Å²) in [7, 11) is 0. The van der Waals surface area contributed by atoms with E-state index in [9.17, 15) is 4.79 Å². The molecule has 5 nitrogen and oxygen atoms in total. The summed E-state index contributed by atoms with van der Waals surface area (Å²) >= 11 is 1.39. The molecule has 0 saturated heterocycles. The molecular weight excluding hydrogens is 404 g/mol. The fraction of sp³-hybridized carbons (Fsp3) is 0.160. The van der Waals surface area contributed by atoms with Gasteiger partial charge >= 0.3 is 0 Å². The zero-order chi connectivity index (χ0) is 21.6. The Hall–Kier alpha value is -3.38. The minimum Gasteiger partial charge on any atom is -0.351 e. The van der Waals surface area contributed by atoms with Crippen LogP contribution in [0.5, 0.6) is 0 Å². The van der Waals surface area contributed by atoms with E-state index in [4.69, 9.17) is 0 Å². The van der Waals surface area contributed by atoms with Crippen molar-refractivity contribution in [2.45, 2.75) is 25.5 Å². The number of nitrogens with one attached hydrogen (secondary N) is 1. The van der Waals surface area contributed by atoms with Crippen molar-refractivity contribution in [3.63, 3.8) is 0 Å². The summed E-state index contributed by atoms with van der Waals surface area (Å²) in [6.45, 7) is 4.63. The number of benzene rings is 3. The Morgan fingerprint density at radius 2 is 1.52 bits per heavy atom. The Morgan fingerprint density at radius 3 is 2.19 bits per heavy atom. The molecule has 0 bridgehead atoms. The maximum Gasteiger partial charge on any atom is 0.230 e. The number of amides is 1. The summed E-state index contributed by atoms with van der Waals surface area (Å²) in [5.74, 6) is 0.991. The average Bonchev–Trinajstić information content (AvgIpc) is 3.22. The predicted molar refractivity (Wildman–Crippen MR) is 125 cm³/mol. The number of carbonyl (C=O) groups excluding carboxylic acids is 1. The quantitative estimate of drug-likeness (QED) is 0.423. The summed E-state index contributed by atoms with van der Waals surface area (Å²) in [6, 6.07) is 26.3. The highest BCUT2D eigenvalue weighted by Crippen LogP contribution is 2.28. The van der Waals surface area contributed by atoms with E-state index < -0.39 is 0 Å². The molecule has 1 N–H and O–H groups in total. The molecule has 1 aromatic heterocycles. The van der Waals surface area contributed by atoms with Gasteiger partial charge in [-0.3, -0.25) is 9.36 Å². The number of nitrogens with zero attached hydrogens (tertiary/aromatic N) is 3. The topological polar surface area (TPSA) is 59.8 Å². The van der Waals surface area contributed by atoms with E-state index in [0.29, 0.717) is 11.7 Å². The summed E-state index contributed by atoms with van der Waals surface area (Å²) < 4.78 is 2.01. The van der Waals surface area contributed by atoms with E-state index in [2.05, 4.69) is 65.8 Å². The van der Waals surface area contributed by atoms with Crippen LogP contribution in [-0.4, -0.2) is 26.4 Å². The first kappa shape index (κ1) is 20.9. The smallest absolute Gasteiger partial charge is 0.230 e. The van der Waals surface area contributed by atoms with Crippen molar-refractivity contribution in [1.82, 2.24) is 20.1 Å². The maximum atomic E-state index is 12.4.